The summed E-state index contributed by atoms with van der Waals surface area (Å²) in [6.07, 6.45) is 40.3. The summed E-state index contributed by atoms with van der Waals surface area (Å²) in [5.74, 6) is 0.775. The second-order valence-electron chi connectivity index (χ2n) is 25.0. The van der Waals surface area contributed by atoms with E-state index in [4.69, 9.17) is 0 Å². The van der Waals surface area contributed by atoms with E-state index in [1.165, 1.54) is 180 Å². The van der Waals surface area contributed by atoms with Crippen molar-refractivity contribution in [3.63, 3.8) is 0 Å². The van der Waals surface area contributed by atoms with Crippen molar-refractivity contribution in [3.8, 4) is 19.5 Å². The van der Waals surface area contributed by atoms with Crippen molar-refractivity contribution < 1.29 is 18.4 Å². The topological polar surface area (TPSA) is 40.6 Å². The summed E-state index contributed by atoms with van der Waals surface area (Å²) < 4.78 is 32.1. The molecule has 2 aliphatic heterocycles. The third kappa shape index (κ3) is 19.0. The maximum absolute atomic E-state index is 16.5. The highest BCUT2D eigenvalue weighted by molar-refractivity contribution is 7.26. The molecule has 458 valence electrons. The van der Waals surface area contributed by atoms with Crippen molar-refractivity contribution in [2.75, 3.05) is 13.1 Å². The van der Waals surface area contributed by atoms with E-state index in [-0.39, 0.29) is 23.5 Å². The van der Waals surface area contributed by atoms with Crippen LogP contribution < -0.4 is 0 Å². The predicted octanol–water partition coefficient (Wildman–Crippen LogP) is 24.2. The van der Waals surface area contributed by atoms with Gasteiger partial charge in [-0.3, -0.25) is 9.59 Å². The van der Waals surface area contributed by atoms with Crippen LogP contribution in [0.2, 0.25) is 0 Å². The van der Waals surface area contributed by atoms with Gasteiger partial charge in [-0.15, -0.1) is 45.3 Å². The van der Waals surface area contributed by atoms with Crippen molar-refractivity contribution >= 4 is 68.6 Å². The van der Waals surface area contributed by atoms with Crippen LogP contribution in [0.3, 0.4) is 0 Å². The van der Waals surface area contributed by atoms with Crippen LogP contribution in [0.15, 0.2) is 35.4 Å². The molecule has 0 radical (unpaired) electrons. The molecule has 4 unspecified atom stereocenters. The van der Waals surface area contributed by atoms with Crippen LogP contribution >= 0.6 is 45.3 Å². The number of carbonyl (C=O) groups excluding carboxylic acids is 2. The number of thiophene rings is 4. The average Bonchev–Trinajstić information content (AvgIpc) is 3.57. The summed E-state index contributed by atoms with van der Waals surface area (Å²) in [6, 6.07) is 7.86. The van der Waals surface area contributed by atoms with Crippen molar-refractivity contribution in [1.82, 2.24) is 9.80 Å². The molecule has 4 aromatic heterocycles. The summed E-state index contributed by atoms with van der Waals surface area (Å²) in [5.41, 5.74) is 5.29. The first-order valence-electron chi connectivity index (χ1n) is 33.8. The molecule has 0 saturated heterocycles. The highest BCUT2D eigenvalue weighted by Gasteiger charge is 2.50. The third-order valence-corrected chi connectivity index (χ3v) is 23.0. The Bertz CT molecular complexity index is 2610. The SMILES string of the molecule is CCCCCCCCC(CCCCCC)Cc1cc(C2=C3C(=O)N(CC(CC)CCCC)C(c4cc(CC(CCCCCC)CCCCCCCC)c(-c5cc(F)c(-c6sc(C)cc6F)s5)s4)=C3C(=O)N2CC(CC)CCCC)sc1C. The zero-order chi connectivity index (χ0) is 59.0. The largest absolute Gasteiger partial charge is 0.306 e. The molecule has 0 aliphatic carbocycles. The lowest BCUT2D eigenvalue weighted by Crippen LogP contribution is -2.34. The molecule has 10 heteroatoms. The fraction of sp³-hybridized carbons (Fsp3) is 0.694. The van der Waals surface area contributed by atoms with Gasteiger partial charge in [0.15, 0.2) is 0 Å². The number of nitrogens with zero attached hydrogens (tertiary/aromatic N) is 2. The normalized spacial score (nSPS) is 15.3. The minimum Gasteiger partial charge on any atom is -0.306 e. The molecule has 4 nitrogen and oxygen atoms in total. The highest BCUT2D eigenvalue weighted by Crippen LogP contribution is 2.53. The Hall–Kier alpha value is -2.92. The summed E-state index contributed by atoms with van der Waals surface area (Å²) >= 11 is 6.08. The molecule has 4 aromatic rings. The lowest BCUT2D eigenvalue weighted by molar-refractivity contribution is -0.124. The number of fused-ring (bicyclic) bond motifs is 1. The van der Waals surface area contributed by atoms with Gasteiger partial charge in [0.05, 0.1) is 42.0 Å². The van der Waals surface area contributed by atoms with Crippen LogP contribution in [0, 0.1) is 49.2 Å². The van der Waals surface area contributed by atoms with Crippen LogP contribution in [0.1, 0.15) is 291 Å². The van der Waals surface area contributed by atoms with Crippen LogP contribution in [0.25, 0.3) is 30.9 Å². The van der Waals surface area contributed by atoms with E-state index in [1.807, 2.05) is 11.8 Å². The number of carbonyl (C=O) groups is 2. The second-order valence-corrected chi connectivity index (χ2v) is 29.7. The fourth-order valence-corrected chi connectivity index (χ4v) is 17.7. The Morgan fingerprint density at radius 3 is 1.20 bits per heavy atom. The van der Waals surface area contributed by atoms with Gasteiger partial charge in [0.1, 0.15) is 11.6 Å². The van der Waals surface area contributed by atoms with Crippen molar-refractivity contribution in [1.29, 1.82) is 0 Å². The van der Waals surface area contributed by atoms with Gasteiger partial charge in [0.25, 0.3) is 11.8 Å². The van der Waals surface area contributed by atoms with Gasteiger partial charge in [-0.05, 0) is 98.6 Å². The Morgan fingerprint density at radius 1 is 0.390 bits per heavy atom. The molecular formula is C72H110F2N2O2S4. The zero-order valence-electron chi connectivity index (χ0n) is 53.2. The first-order chi connectivity index (χ1) is 39.9. The first-order valence-corrected chi connectivity index (χ1v) is 37.0. The van der Waals surface area contributed by atoms with E-state index in [0.717, 1.165) is 118 Å². The summed E-state index contributed by atoms with van der Waals surface area (Å²) in [5, 5.41) is 0. The van der Waals surface area contributed by atoms with Crippen molar-refractivity contribution in [3.05, 3.63) is 77.7 Å². The molecule has 0 bridgehead atoms. The minimum atomic E-state index is -0.396. The van der Waals surface area contributed by atoms with Gasteiger partial charge in [-0.1, -0.05) is 248 Å². The van der Waals surface area contributed by atoms with Crippen LogP contribution in [-0.4, -0.2) is 34.7 Å². The quantitative estimate of drug-likeness (QED) is 0.0414. The number of halogens is 2. The smallest absolute Gasteiger partial charge is 0.261 e. The van der Waals surface area contributed by atoms with Crippen LogP contribution in [0.4, 0.5) is 8.78 Å². The minimum absolute atomic E-state index is 0.0433. The van der Waals surface area contributed by atoms with E-state index in [2.05, 4.69) is 79.3 Å². The maximum atomic E-state index is 16.5. The van der Waals surface area contributed by atoms with Crippen molar-refractivity contribution in [2.24, 2.45) is 23.7 Å². The van der Waals surface area contributed by atoms with E-state index in [1.54, 1.807) is 28.7 Å². The summed E-state index contributed by atoms with van der Waals surface area (Å²) in [6.45, 7) is 23.4. The maximum Gasteiger partial charge on any atom is 0.261 e. The average molecular weight is 1200 g/mol. The van der Waals surface area contributed by atoms with Gasteiger partial charge in [0.2, 0.25) is 0 Å². The zero-order valence-corrected chi connectivity index (χ0v) is 56.4. The monoisotopic (exact) mass is 1200 g/mol. The molecule has 6 rings (SSSR count). The molecule has 0 aromatic carbocycles. The van der Waals surface area contributed by atoms with E-state index >= 15 is 18.4 Å². The van der Waals surface area contributed by atoms with Gasteiger partial charge in [0, 0.05) is 32.6 Å². The Morgan fingerprint density at radius 2 is 0.756 bits per heavy atom. The number of hydrogen-bond donors (Lipinski definition) is 0. The predicted molar refractivity (Wildman–Crippen MR) is 356 cm³/mol. The second kappa shape index (κ2) is 36.3. The molecule has 0 fully saturated rings. The molecular weight excluding hydrogens is 1090 g/mol. The Labute approximate surface area is 514 Å². The van der Waals surface area contributed by atoms with Gasteiger partial charge in [-0.25, -0.2) is 8.78 Å². The summed E-state index contributed by atoms with van der Waals surface area (Å²) in [4.78, 5) is 42.9. The van der Waals surface area contributed by atoms with E-state index in [0.29, 0.717) is 51.7 Å². The Balaban J connectivity index is 1.54. The number of aryl methyl sites for hydroxylation is 2. The number of hydrogen-bond acceptors (Lipinski definition) is 6. The van der Waals surface area contributed by atoms with Crippen molar-refractivity contribution in [2.45, 2.75) is 288 Å². The van der Waals surface area contributed by atoms with Crippen LogP contribution in [-0.2, 0) is 22.4 Å². The first kappa shape index (κ1) is 68.2. The summed E-state index contributed by atoms with van der Waals surface area (Å²) in [7, 11) is 0. The van der Waals surface area contributed by atoms with Crippen LogP contribution in [0.5, 0.6) is 0 Å². The molecule has 4 atom stereocenters. The lowest BCUT2D eigenvalue weighted by atomic mass is 9.88. The molecule has 2 amide bonds. The van der Waals surface area contributed by atoms with E-state index in [9.17, 15) is 0 Å². The standard InChI is InChI=1S/C72H110F2N2O2S4/c1-11-19-25-29-31-35-41-55(39-33-27-21-13-3)44-57-46-61(80-52(57)10)66-64-65(72(78)75(66)49-53(17-7)37-23-15-5)67(76(71(64)77)50-54(18-8)38-24-16-6)62-47-58(45-56(40-34-28-22-14-4)42-36-32-30-26-20-12-2)68(81-62)63-48-60(74)70(82-63)69-59(73)43-51(9)79-69/h43,46-48,53-56H,11-42,44-45,49-50H2,1-10H3. The van der Waals surface area contributed by atoms with E-state index < -0.39 is 5.82 Å². The molecule has 0 spiro atoms. The molecule has 0 N–H and O–H groups in total. The number of rotatable bonds is 44. The lowest BCUT2D eigenvalue weighted by Gasteiger charge is -2.29. The fourth-order valence-electron chi connectivity index (χ4n) is 13.1. The van der Waals surface area contributed by atoms with Gasteiger partial charge >= 0.3 is 0 Å². The number of unbranched alkanes of at least 4 members (excludes halogenated alkanes) is 18. The number of amides is 2. The van der Waals surface area contributed by atoms with Gasteiger partial charge < -0.3 is 9.80 Å². The third-order valence-electron chi connectivity index (χ3n) is 18.3. The highest BCUT2D eigenvalue weighted by atomic mass is 32.1. The molecule has 82 heavy (non-hydrogen) atoms. The molecule has 0 saturated carbocycles. The Kier molecular flexibility index (Phi) is 30.2. The molecule has 6 heterocycles. The molecule has 2 aliphatic rings. The van der Waals surface area contributed by atoms with Gasteiger partial charge in [-0.2, -0.15) is 0 Å².